The van der Waals surface area contributed by atoms with E-state index in [2.05, 4.69) is 19.8 Å². The van der Waals surface area contributed by atoms with E-state index in [1.807, 2.05) is 0 Å². The van der Waals surface area contributed by atoms with E-state index in [-0.39, 0.29) is 67.4 Å². The third kappa shape index (κ3) is 9.34. The molecule has 1 aliphatic carbocycles. The second-order valence-electron chi connectivity index (χ2n) is 14.8. The summed E-state index contributed by atoms with van der Waals surface area (Å²) in [5.74, 6) is -0.214. The SMILES string of the molecule is Cc1cc(C)c(NS(C)(=O)=O)c(C)c1/N=c1/cc2oc3cc(Nc4c(C)cc(C)c(NS(C)(=O)=O)c4C)c(S(=O)(=O)O)cc3c(-c3ccccc3S(=O)(=O)O)c-2cc1S(=O)(=O)O. The first-order valence-corrected chi connectivity index (χ1v) is 26.1. The van der Waals surface area contributed by atoms with E-state index in [0.717, 1.165) is 42.8 Å². The predicted octanol–water partition coefficient (Wildman–Crippen LogP) is 6.51. The lowest BCUT2D eigenvalue weighted by molar-refractivity contribution is 0.480. The number of nitrogens with one attached hydrogen (secondary N) is 3. The molecule has 6 N–H and O–H groups in total. The summed E-state index contributed by atoms with van der Waals surface area (Å²) in [4.78, 5) is 2.25. The smallest absolute Gasteiger partial charge is 0.296 e. The van der Waals surface area contributed by atoms with Crippen molar-refractivity contribution in [3.05, 3.63) is 99.4 Å². The lowest BCUT2D eigenvalue weighted by Gasteiger charge is -2.22. The molecule has 0 aromatic heterocycles. The average Bonchev–Trinajstić information content (AvgIpc) is 3.11. The first-order chi connectivity index (χ1) is 28.4. The molecule has 0 spiro atoms. The third-order valence-electron chi connectivity index (χ3n) is 9.86. The highest BCUT2D eigenvalue weighted by Crippen LogP contribution is 2.46. The molecular weight excluding hydrogens is 909 g/mol. The first-order valence-electron chi connectivity index (χ1n) is 17.9. The van der Waals surface area contributed by atoms with E-state index in [1.165, 1.54) is 18.2 Å². The first kappa shape index (κ1) is 46.1. The van der Waals surface area contributed by atoms with Gasteiger partial charge in [-0.15, -0.1) is 0 Å². The van der Waals surface area contributed by atoms with Crippen LogP contribution in [0.3, 0.4) is 0 Å². The zero-order chi connectivity index (χ0) is 46.2. The second kappa shape index (κ2) is 15.7. The van der Waals surface area contributed by atoms with E-state index >= 15 is 0 Å². The molecule has 4 aromatic carbocycles. The fourth-order valence-corrected chi connectivity index (χ4v) is 10.7. The second-order valence-corrected chi connectivity index (χ2v) is 22.5. The Morgan fingerprint density at radius 2 is 1.06 bits per heavy atom. The molecule has 4 aromatic rings. The Morgan fingerprint density at radius 1 is 0.548 bits per heavy atom. The van der Waals surface area contributed by atoms with Crippen LogP contribution >= 0.6 is 0 Å². The van der Waals surface area contributed by atoms with Crippen LogP contribution in [0.2, 0.25) is 0 Å². The molecule has 0 saturated heterocycles. The van der Waals surface area contributed by atoms with Gasteiger partial charge in [0.2, 0.25) is 20.0 Å². The number of anilines is 4. The van der Waals surface area contributed by atoms with Gasteiger partial charge in [-0.3, -0.25) is 23.1 Å². The topological polar surface area (TPSA) is 293 Å². The maximum Gasteiger partial charge on any atom is 0.296 e. The molecule has 330 valence electrons. The summed E-state index contributed by atoms with van der Waals surface area (Å²) in [5.41, 5.74) is 2.16. The Morgan fingerprint density at radius 3 is 1.61 bits per heavy atom. The lowest BCUT2D eigenvalue weighted by Crippen LogP contribution is -2.17. The van der Waals surface area contributed by atoms with E-state index in [0.29, 0.717) is 27.8 Å². The van der Waals surface area contributed by atoms with Crippen molar-refractivity contribution in [2.24, 2.45) is 4.99 Å². The summed E-state index contributed by atoms with van der Waals surface area (Å²) in [7, 11) is -23.0. The molecule has 23 heteroatoms. The van der Waals surface area contributed by atoms with Gasteiger partial charge in [-0.1, -0.05) is 30.3 Å². The molecular formula is C39H40N4O14S5. The number of rotatable bonds is 11. The Bertz CT molecular complexity index is 3530. The standard InChI is InChI=1S/C39H40N4O14S5/c1-19-13-21(3)38(42-58(7,44)45)23(5)36(19)40-28-17-30-26(15-33(28)61(51,52)53)35(25-11-9-10-12-32(25)60(48,49)50)27-16-34(62(54,55)56)29(18-31(27)57-30)41-37-20(2)14-22(4)39(24(37)6)43-59(8,46)47/h9-18,40,42-43H,1-8H3,(H,48,49,50)(H,51,52,53)(H,54,55,56)/b41-29-. The molecule has 2 aliphatic rings. The van der Waals surface area contributed by atoms with E-state index in [1.54, 1.807) is 53.7 Å². The van der Waals surface area contributed by atoms with Crippen LogP contribution < -0.4 is 20.1 Å². The molecule has 18 nitrogen and oxygen atoms in total. The van der Waals surface area contributed by atoms with Gasteiger partial charge in [0.1, 0.15) is 26.0 Å². The number of hydrogen-bond acceptors (Lipinski definition) is 13. The van der Waals surface area contributed by atoms with Crippen molar-refractivity contribution in [2.75, 3.05) is 27.3 Å². The molecule has 1 aliphatic heterocycles. The van der Waals surface area contributed by atoms with Gasteiger partial charge in [0.15, 0.2) is 0 Å². The highest BCUT2D eigenvalue weighted by atomic mass is 32.2. The van der Waals surface area contributed by atoms with E-state index in [9.17, 15) is 55.7 Å². The summed E-state index contributed by atoms with van der Waals surface area (Å²) in [6.45, 7) is 9.73. The summed E-state index contributed by atoms with van der Waals surface area (Å²) in [6, 6.07) is 12.3. The fourth-order valence-electron chi connectivity index (χ4n) is 7.39. The monoisotopic (exact) mass is 948 g/mol. The predicted molar refractivity (Wildman–Crippen MR) is 234 cm³/mol. The van der Waals surface area contributed by atoms with Gasteiger partial charge in [0.25, 0.3) is 30.4 Å². The van der Waals surface area contributed by atoms with Crippen molar-refractivity contribution < 1.29 is 60.2 Å². The number of nitrogens with zero attached hydrogens (tertiary/aromatic N) is 1. The summed E-state index contributed by atoms with van der Waals surface area (Å²) < 4.78 is 170. The zero-order valence-corrected chi connectivity index (χ0v) is 38.2. The molecule has 0 saturated carbocycles. The minimum Gasteiger partial charge on any atom is -0.456 e. The number of hydrogen-bond donors (Lipinski definition) is 6. The Hall–Kier alpha value is -5.40. The van der Waals surface area contributed by atoms with Gasteiger partial charge < -0.3 is 9.73 Å². The van der Waals surface area contributed by atoms with Crippen LogP contribution in [0.1, 0.15) is 33.4 Å². The molecule has 0 amide bonds. The van der Waals surface area contributed by atoms with Gasteiger partial charge in [-0.05, 0) is 93.1 Å². The molecule has 0 bridgehead atoms. The average molecular weight is 949 g/mol. The Balaban J connectivity index is 1.80. The highest BCUT2D eigenvalue weighted by molar-refractivity contribution is 7.92. The van der Waals surface area contributed by atoms with Crippen LogP contribution in [0.15, 0.2) is 84.8 Å². The molecule has 62 heavy (non-hydrogen) atoms. The van der Waals surface area contributed by atoms with Gasteiger partial charge >= 0.3 is 0 Å². The molecule has 0 radical (unpaired) electrons. The summed E-state index contributed by atoms with van der Waals surface area (Å²) in [5, 5.41) is 2.33. The number of benzene rings is 5. The molecule has 0 unspecified atom stereocenters. The van der Waals surface area contributed by atoms with Crippen LogP contribution in [0.25, 0.3) is 33.4 Å². The Labute approximate surface area is 358 Å². The van der Waals surface area contributed by atoms with Crippen LogP contribution in [0, 0.1) is 41.5 Å². The fraction of sp³-hybridized carbons (Fsp3) is 0.205. The maximum absolute atomic E-state index is 13.2. The number of aryl methyl sites for hydroxylation is 4. The van der Waals surface area contributed by atoms with Crippen LogP contribution in [-0.4, -0.2) is 68.3 Å². The van der Waals surface area contributed by atoms with E-state index in [4.69, 9.17) is 4.42 Å². The number of fused-ring (bicyclic) bond motifs is 2. The molecule has 0 fully saturated rings. The largest absolute Gasteiger partial charge is 0.456 e. The third-order valence-corrected chi connectivity index (χ3v) is 13.7. The molecule has 6 rings (SSSR count). The summed E-state index contributed by atoms with van der Waals surface area (Å²) >= 11 is 0. The zero-order valence-electron chi connectivity index (χ0n) is 34.1. The van der Waals surface area contributed by atoms with Crippen molar-refractivity contribution in [3.63, 3.8) is 0 Å². The van der Waals surface area contributed by atoms with Crippen LogP contribution in [0.4, 0.5) is 28.4 Å². The minimum absolute atomic E-state index is 0.113. The van der Waals surface area contributed by atoms with Crippen molar-refractivity contribution >= 4 is 89.8 Å². The lowest BCUT2D eigenvalue weighted by atomic mass is 9.93. The molecule has 1 heterocycles. The van der Waals surface area contributed by atoms with Crippen LogP contribution in [-0.2, 0) is 50.4 Å². The Kier molecular flexibility index (Phi) is 11.7. The molecule has 0 atom stereocenters. The number of sulfonamides is 2. The van der Waals surface area contributed by atoms with Gasteiger partial charge in [-0.25, -0.2) is 21.8 Å². The quantitative estimate of drug-likeness (QED) is 0.0596. The van der Waals surface area contributed by atoms with Gasteiger partial charge in [0, 0.05) is 39.9 Å². The normalized spacial score (nSPS) is 13.2. The van der Waals surface area contributed by atoms with Crippen molar-refractivity contribution in [1.29, 1.82) is 0 Å². The minimum atomic E-state index is -5.21. The van der Waals surface area contributed by atoms with E-state index < -0.39 is 70.4 Å². The van der Waals surface area contributed by atoms with Crippen LogP contribution in [0.5, 0.6) is 0 Å². The highest BCUT2D eigenvalue weighted by Gasteiger charge is 2.29. The van der Waals surface area contributed by atoms with Gasteiger partial charge in [-0.2, -0.15) is 25.3 Å². The summed E-state index contributed by atoms with van der Waals surface area (Å²) in [6.07, 6.45) is 1.90. The maximum atomic E-state index is 13.2. The van der Waals surface area contributed by atoms with Crippen molar-refractivity contribution in [2.45, 2.75) is 56.2 Å². The van der Waals surface area contributed by atoms with Crippen molar-refractivity contribution in [3.8, 4) is 22.5 Å². The van der Waals surface area contributed by atoms with Gasteiger partial charge in [0.05, 0.1) is 40.6 Å². The van der Waals surface area contributed by atoms with Crippen molar-refractivity contribution in [1.82, 2.24) is 0 Å².